The highest BCUT2D eigenvalue weighted by Crippen LogP contribution is 2.16. The van der Waals surface area contributed by atoms with Gasteiger partial charge in [-0.2, -0.15) is 0 Å². The minimum Gasteiger partial charge on any atom is -0.480 e. The fourth-order valence-corrected chi connectivity index (χ4v) is 2.41. The van der Waals surface area contributed by atoms with Gasteiger partial charge in [0.1, 0.15) is 11.7 Å². The van der Waals surface area contributed by atoms with Crippen molar-refractivity contribution in [2.45, 2.75) is 13.0 Å². The summed E-state index contributed by atoms with van der Waals surface area (Å²) in [6.07, 6.45) is 1.44. The molecule has 1 aromatic carbocycles. The number of carboxylic acids is 1. The maximum Gasteiger partial charge on any atom is 0.325 e. The van der Waals surface area contributed by atoms with Crippen LogP contribution in [0.2, 0.25) is 0 Å². The number of hydrogen-bond donors (Lipinski definition) is 3. The SMILES string of the molecule is CC(NC(=O)/C(=C\c1ccc(Br)cc1)NC(=O)c1ccc(Br)o1)C(=O)O. The van der Waals surface area contributed by atoms with E-state index < -0.39 is 23.8 Å². The summed E-state index contributed by atoms with van der Waals surface area (Å²) in [5.41, 5.74) is 0.528. The smallest absolute Gasteiger partial charge is 0.325 e. The van der Waals surface area contributed by atoms with Gasteiger partial charge < -0.3 is 20.2 Å². The predicted octanol–water partition coefficient (Wildman–Crippen LogP) is 3.16. The third-order valence-corrected chi connectivity index (χ3v) is 4.14. The van der Waals surface area contributed by atoms with Gasteiger partial charge in [-0.15, -0.1) is 0 Å². The zero-order valence-corrected chi connectivity index (χ0v) is 16.6. The van der Waals surface area contributed by atoms with Crippen LogP contribution in [0.3, 0.4) is 0 Å². The highest BCUT2D eigenvalue weighted by molar-refractivity contribution is 9.10. The van der Waals surface area contributed by atoms with Crippen molar-refractivity contribution >= 4 is 55.7 Å². The highest BCUT2D eigenvalue weighted by atomic mass is 79.9. The normalized spacial score (nSPS) is 12.3. The Labute approximate surface area is 165 Å². The second-order valence-corrected chi connectivity index (χ2v) is 6.90. The standard InChI is InChI=1S/C17H14Br2N2O5/c1-9(17(24)25)20-15(22)12(8-10-2-4-11(18)5-3-10)21-16(23)13-6-7-14(19)26-13/h2-9H,1H3,(H,20,22)(H,21,23)(H,24,25)/b12-8+. The maximum absolute atomic E-state index is 12.4. The Morgan fingerprint density at radius 3 is 2.31 bits per heavy atom. The molecule has 9 heteroatoms. The van der Waals surface area contributed by atoms with Crippen molar-refractivity contribution in [2.75, 3.05) is 0 Å². The van der Waals surface area contributed by atoms with Gasteiger partial charge in [0.25, 0.3) is 11.8 Å². The Bertz CT molecular complexity index is 858. The first-order valence-electron chi connectivity index (χ1n) is 7.34. The number of carbonyl (C=O) groups is 3. The van der Waals surface area contributed by atoms with E-state index in [0.717, 1.165) is 4.47 Å². The summed E-state index contributed by atoms with van der Waals surface area (Å²) in [7, 11) is 0. The van der Waals surface area contributed by atoms with Crippen LogP contribution in [0, 0.1) is 0 Å². The van der Waals surface area contributed by atoms with Gasteiger partial charge in [-0.3, -0.25) is 14.4 Å². The van der Waals surface area contributed by atoms with Gasteiger partial charge in [-0.05, 0) is 58.8 Å². The van der Waals surface area contributed by atoms with E-state index in [1.54, 1.807) is 30.3 Å². The van der Waals surface area contributed by atoms with E-state index in [0.29, 0.717) is 10.2 Å². The molecule has 2 rings (SSSR count). The molecule has 1 atom stereocenters. The number of rotatable bonds is 6. The largest absolute Gasteiger partial charge is 0.480 e. The molecule has 2 amide bonds. The molecule has 1 unspecified atom stereocenters. The maximum atomic E-state index is 12.4. The first-order valence-corrected chi connectivity index (χ1v) is 8.92. The molecule has 2 aromatic rings. The van der Waals surface area contributed by atoms with Crippen molar-refractivity contribution in [1.29, 1.82) is 0 Å². The lowest BCUT2D eigenvalue weighted by atomic mass is 10.2. The number of carbonyl (C=O) groups excluding carboxylic acids is 2. The Balaban J connectivity index is 2.28. The van der Waals surface area contributed by atoms with E-state index in [-0.39, 0.29) is 11.5 Å². The van der Waals surface area contributed by atoms with Gasteiger partial charge in [-0.1, -0.05) is 28.1 Å². The predicted molar refractivity (Wildman–Crippen MR) is 101 cm³/mol. The Morgan fingerprint density at radius 2 is 1.77 bits per heavy atom. The molecule has 0 aliphatic rings. The molecule has 0 aliphatic heterocycles. The molecule has 0 bridgehead atoms. The second kappa shape index (κ2) is 8.81. The van der Waals surface area contributed by atoms with Crippen LogP contribution in [0.15, 0.2) is 55.7 Å². The molecule has 1 heterocycles. The van der Waals surface area contributed by atoms with Crippen molar-refractivity contribution in [3.8, 4) is 0 Å². The summed E-state index contributed by atoms with van der Waals surface area (Å²) in [6, 6.07) is 8.86. The first-order chi connectivity index (χ1) is 12.3. The average molecular weight is 486 g/mol. The molecule has 0 spiro atoms. The van der Waals surface area contributed by atoms with E-state index in [4.69, 9.17) is 9.52 Å². The lowest BCUT2D eigenvalue weighted by Gasteiger charge is -2.13. The molecule has 1 aromatic heterocycles. The van der Waals surface area contributed by atoms with Crippen molar-refractivity contribution in [3.63, 3.8) is 0 Å². The van der Waals surface area contributed by atoms with Crippen LogP contribution in [0.4, 0.5) is 0 Å². The van der Waals surface area contributed by atoms with Gasteiger partial charge in [0.05, 0.1) is 0 Å². The molecule has 3 N–H and O–H groups in total. The van der Waals surface area contributed by atoms with E-state index >= 15 is 0 Å². The summed E-state index contributed by atoms with van der Waals surface area (Å²) in [4.78, 5) is 35.6. The summed E-state index contributed by atoms with van der Waals surface area (Å²) in [5.74, 6) is -2.57. The Hall–Kier alpha value is -2.39. The summed E-state index contributed by atoms with van der Waals surface area (Å²) < 4.78 is 6.37. The van der Waals surface area contributed by atoms with Gasteiger partial charge in [0.15, 0.2) is 10.4 Å². The number of aliphatic carboxylic acids is 1. The third kappa shape index (κ3) is 5.57. The molecule has 0 saturated heterocycles. The van der Waals surface area contributed by atoms with Crippen molar-refractivity contribution in [3.05, 3.63) is 62.6 Å². The van der Waals surface area contributed by atoms with Crippen LogP contribution >= 0.6 is 31.9 Å². The zero-order valence-electron chi connectivity index (χ0n) is 13.5. The van der Waals surface area contributed by atoms with Gasteiger partial charge >= 0.3 is 5.97 Å². The fourth-order valence-electron chi connectivity index (χ4n) is 1.84. The highest BCUT2D eigenvalue weighted by Gasteiger charge is 2.20. The van der Waals surface area contributed by atoms with Gasteiger partial charge in [0.2, 0.25) is 0 Å². The van der Waals surface area contributed by atoms with E-state index in [2.05, 4.69) is 42.5 Å². The number of halogens is 2. The topological polar surface area (TPSA) is 109 Å². The van der Waals surface area contributed by atoms with Crippen LogP contribution in [0.1, 0.15) is 23.0 Å². The minimum atomic E-state index is -1.19. The molecule has 0 saturated carbocycles. The number of hydrogen-bond acceptors (Lipinski definition) is 4. The van der Waals surface area contributed by atoms with Crippen LogP contribution in [-0.4, -0.2) is 28.9 Å². The Kier molecular flexibility index (Phi) is 6.76. The van der Waals surface area contributed by atoms with Gasteiger partial charge in [-0.25, -0.2) is 0 Å². The second-order valence-electron chi connectivity index (χ2n) is 5.20. The molecule has 0 aliphatic carbocycles. The van der Waals surface area contributed by atoms with E-state index in [1.807, 2.05) is 0 Å². The summed E-state index contributed by atoms with van der Waals surface area (Å²) in [5, 5.41) is 13.7. The molecule has 7 nitrogen and oxygen atoms in total. The number of nitrogens with one attached hydrogen (secondary N) is 2. The number of amides is 2. The fraction of sp³-hybridized carbons (Fsp3) is 0.118. The van der Waals surface area contributed by atoms with Gasteiger partial charge in [0, 0.05) is 4.47 Å². The lowest BCUT2D eigenvalue weighted by molar-refractivity contribution is -0.140. The quantitative estimate of drug-likeness (QED) is 0.544. The average Bonchev–Trinajstić information content (AvgIpc) is 3.02. The molecule has 136 valence electrons. The van der Waals surface area contributed by atoms with E-state index in [1.165, 1.54) is 19.1 Å². The van der Waals surface area contributed by atoms with Crippen LogP contribution in [0.25, 0.3) is 6.08 Å². The lowest BCUT2D eigenvalue weighted by Crippen LogP contribution is -2.42. The van der Waals surface area contributed by atoms with Crippen LogP contribution < -0.4 is 10.6 Å². The van der Waals surface area contributed by atoms with Crippen LogP contribution in [-0.2, 0) is 9.59 Å². The third-order valence-electron chi connectivity index (χ3n) is 3.19. The number of carboxylic acid groups (broad SMARTS) is 1. The monoisotopic (exact) mass is 484 g/mol. The molecular formula is C17H14Br2N2O5. The molecule has 0 fully saturated rings. The summed E-state index contributed by atoms with van der Waals surface area (Å²) in [6.45, 7) is 1.32. The van der Waals surface area contributed by atoms with Crippen LogP contribution in [0.5, 0.6) is 0 Å². The van der Waals surface area contributed by atoms with Crippen molar-refractivity contribution in [1.82, 2.24) is 10.6 Å². The van der Waals surface area contributed by atoms with Crippen molar-refractivity contribution in [2.24, 2.45) is 0 Å². The Morgan fingerprint density at radius 1 is 1.12 bits per heavy atom. The molecule has 26 heavy (non-hydrogen) atoms. The van der Waals surface area contributed by atoms with E-state index in [9.17, 15) is 14.4 Å². The zero-order chi connectivity index (χ0) is 19.3. The minimum absolute atomic E-state index is 0.00216. The first kappa shape index (κ1) is 19.9. The number of furan rings is 1. The number of benzene rings is 1. The summed E-state index contributed by atoms with van der Waals surface area (Å²) >= 11 is 6.41. The molecular weight excluding hydrogens is 472 g/mol. The molecule has 0 radical (unpaired) electrons. The van der Waals surface area contributed by atoms with Crippen molar-refractivity contribution < 1.29 is 23.9 Å².